The van der Waals surface area contributed by atoms with Crippen LogP contribution in [0, 0.1) is 11.6 Å². The Morgan fingerprint density at radius 2 is 1.87 bits per heavy atom. The van der Waals surface area contributed by atoms with Crippen molar-refractivity contribution < 1.29 is 13.6 Å². The first-order valence-electron chi connectivity index (χ1n) is 9.61. The second kappa shape index (κ2) is 9.71. The smallest absolute Gasteiger partial charge is 0.233 e. The molecule has 0 unspecified atom stereocenters. The quantitative estimate of drug-likeness (QED) is 0.522. The Kier molecular flexibility index (Phi) is 6.79. The van der Waals surface area contributed by atoms with Gasteiger partial charge < -0.3 is 4.90 Å². The first kappa shape index (κ1) is 21.7. The van der Waals surface area contributed by atoms with Crippen molar-refractivity contribution in [3.8, 4) is 5.69 Å². The molecule has 1 saturated heterocycles. The van der Waals surface area contributed by atoms with Gasteiger partial charge in [-0.15, -0.1) is 5.10 Å². The van der Waals surface area contributed by atoms with Crippen LogP contribution < -0.4 is 0 Å². The number of nitrogens with zero attached hydrogens (tertiary/aromatic N) is 6. The Labute approximate surface area is 187 Å². The normalized spacial score (nSPS) is 14.7. The number of amides is 1. The molecule has 1 aliphatic rings. The zero-order chi connectivity index (χ0) is 21.8. The van der Waals surface area contributed by atoms with E-state index in [1.54, 1.807) is 29.2 Å². The molecule has 3 aromatic rings. The molecule has 0 N–H and O–H groups in total. The van der Waals surface area contributed by atoms with Gasteiger partial charge in [-0.3, -0.25) is 9.69 Å². The SMILES string of the molecule is O=C(CSc1nnnn1-c1cccc(F)c1)N1CCN(Cc2c(F)cccc2Cl)CC1. The molecule has 0 spiro atoms. The molecule has 0 radical (unpaired) electrons. The van der Waals surface area contributed by atoms with Gasteiger partial charge in [0.25, 0.3) is 0 Å². The summed E-state index contributed by atoms with van der Waals surface area (Å²) in [5.74, 6) is -0.593. The predicted octanol–water partition coefficient (Wildman–Crippen LogP) is 3.03. The molecule has 162 valence electrons. The summed E-state index contributed by atoms with van der Waals surface area (Å²) in [6.45, 7) is 2.75. The molecule has 0 atom stereocenters. The maximum atomic E-state index is 14.0. The molecule has 2 heterocycles. The van der Waals surface area contributed by atoms with Gasteiger partial charge in [-0.2, -0.15) is 4.68 Å². The number of thioether (sulfide) groups is 1. The van der Waals surface area contributed by atoms with Gasteiger partial charge in [0.2, 0.25) is 11.1 Å². The standard InChI is InChI=1S/C20H19ClF2N6OS/c21-17-5-2-6-18(23)16(17)12-27-7-9-28(10-8-27)19(30)13-31-20-24-25-26-29(20)15-4-1-3-14(22)11-15/h1-6,11H,7-10,12-13H2. The summed E-state index contributed by atoms with van der Waals surface area (Å²) in [5, 5.41) is 12.3. The highest BCUT2D eigenvalue weighted by molar-refractivity contribution is 7.99. The molecule has 1 fully saturated rings. The predicted molar refractivity (Wildman–Crippen MR) is 113 cm³/mol. The van der Waals surface area contributed by atoms with Gasteiger partial charge in [0.05, 0.1) is 11.4 Å². The van der Waals surface area contributed by atoms with Crippen molar-refractivity contribution in [2.75, 3.05) is 31.9 Å². The van der Waals surface area contributed by atoms with Gasteiger partial charge in [-0.05, 0) is 40.8 Å². The van der Waals surface area contributed by atoms with Gasteiger partial charge in [-0.25, -0.2) is 8.78 Å². The lowest BCUT2D eigenvalue weighted by molar-refractivity contribution is -0.130. The number of benzene rings is 2. The highest BCUT2D eigenvalue weighted by Crippen LogP contribution is 2.22. The third kappa shape index (κ3) is 5.20. The van der Waals surface area contributed by atoms with Gasteiger partial charge in [0, 0.05) is 43.3 Å². The van der Waals surface area contributed by atoms with Crippen molar-refractivity contribution >= 4 is 29.3 Å². The molecule has 1 aliphatic heterocycles. The molecule has 1 aromatic heterocycles. The third-order valence-electron chi connectivity index (χ3n) is 4.99. The number of carbonyl (C=O) groups is 1. The summed E-state index contributed by atoms with van der Waals surface area (Å²) in [6.07, 6.45) is 0. The van der Waals surface area contributed by atoms with E-state index in [0.717, 1.165) is 0 Å². The van der Waals surface area contributed by atoms with Crippen molar-refractivity contribution in [2.45, 2.75) is 11.7 Å². The van der Waals surface area contributed by atoms with E-state index in [1.165, 1.54) is 34.6 Å². The minimum Gasteiger partial charge on any atom is -0.339 e. The minimum absolute atomic E-state index is 0.0395. The lowest BCUT2D eigenvalue weighted by Crippen LogP contribution is -2.48. The Morgan fingerprint density at radius 3 is 2.61 bits per heavy atom. The Balaban J connectivity index is 1.30. The van der Waals surface area contributed by atoms with Crippen LogP contribution in [0.25, 0.3) is 5.69 Å². The molecule has 4 rings (SSSR count). The zero-order valence-corrected chi connectivity index (χ0v) is 18.0. The zero-order valence-electron chi connectivity index (χ0n) is 16.4. The van der Waals surface area contributed by atoms with Crippen molar-refractivity contribution in [2.24, 2.45) is 0 Å². The van der Waals surface area contributed by atoms with Crippen LogP contribution in [-0.4, -0.2) is 67.8 Å². The van der Waals surface area contributed by atoms with E-state index in [2.05, 4.69) is 20.4 Å². The lowest BCUT2D eigenvalue weighted by atomic mass is 10.2. The summed E-state index contributed by atoms with van der Waals surface area (Å²) in [7, 11) is 0. The number of tetrazole rings is 1. The fourth-order valence-corrected chi connectivity index (χ4v) is 4.34. The van der Waals surface area contributed by atoms with E-state index < -0.39 is 5.82 Å². The molecule has 0 saturated carbocycles. The van der Waals surface area contributed by atoms with Crippen molar-refractivity contribution in [1.82, 2.24) is 30.0 Å². The first-order chi connectivity index (χ1) is 15.0. The van der Waals surface area contributed by atoms with E-state index in [9.17, 15) is 13.6 Å². The van der Waals surface area contributed by atoms with Crippen LogP contribution in [0.5, 0.6) is 0 Å². The molecule has 7 nitrogen and oxygen atoms in total. The summed E-state index contributed by atoms with van der Waals surface area (Å²) < 4.78 is 28.9. The van der Waals surface area contributed by atoms with Crippen LogP contribution >= 0.6 is 23.4 Å². The van der Waals surface area contributed by atoms with Gasteiger partial charge in [0.1, 0.15) is 11.6 Å². The van der Waals surface area contributed by atoms with Crippen LogP contribution in [-0.2, 0) is 11.3 Å². The van der Waals surface area contributed by atoms with Crippen molar-refractivity contribution in [1.29, 1.82) is 0 Å². The van der Waals surface area contributed by atoms with Crippen LogP contribution in [0.1, 0.15) is 5.56 Å². The Hall–Kier alpha value is -2.56. The lowest BCUT2D eigenvalue weighted by Gasteiger charge is -2.34. The van der Waals surface area contributed by atoms with Crippen LogP contribution in [0.3, 0.4) is 0 Å². The van der Waals surface area contributed by atoms with Crippen LogP contribution in [0.4, 0.5) is 8.78 Å². The van der Waals surface area contributed by atoms with E-state index >= 15 is 0 Å². The Bertz CT molecular complexity index is 1050. The van der Waals surface area contributed by atoms with Gasteiger partial charge in [-0.1, -0.05) is 35.5 Å². The van der Waals surface area contributed by atoms with Crippen molar-refractivity contribution in [3.05, 3.63) is 64.7 Å². The van der Waals surface area contributed by atoms with E-state index in [4.69, 9.17) is 11.6 Å². The third-order valence-corrected chi connectivity index (χ3v) is 6.25. The summed E-state index contributed by atoms with van der Waals surface area (Å²) in [4.78, 5) is 16.5. The molecule has 31 heavy (non-hydrogen) atoms. The summed E-state index contributed by atoms with van der Waals surface area (Å²) >= 11 is 7.31. The fraction of sp³-hybridized carbons (Fsp3) is 0.300. The van der Waals surface area contributed by atoms with Crippen LogP contribution in [0.2, 0.25) is 5.02 Å². The average Bonchev–Trinajstić information content (AvgIpc) is 3.24. The summed E-state index contributed by atoms with van der Waals surface area (Å²) in [5.41, 5.74) is 0.962. The summed E-state index contributed by atoms with van der Waals surface area (Å²) in [6, 6.07) is 10.6. The molecule has 11 heteroatoms. The topological polar surface area (TPSA) is 67.2 Å². The molecule has 1 amide bonds. The number of rotatable bonds is 6. The number of carbonyl (C=O) groups excluding carboxylic acids is 1. The van der Waals surface area contributed by atoms with Gasteiger partial charge in [0.15, 0.2) is 0 Å². The largest absolute Gasteiger partial charge is 0.339 e. The number of halogens is 3. The van der Waals surface area contributed by atoms with Crippen LogP contribution in [0.15, 0.2) is 47.6 Å². The highest BCUT2D eigenvalue weighted by Gasteiger charge is 2.23. The van der Waals surface area contributed by atoms with E-state index in [0.29, 0.717) is 54.2 Å². The second-order valence-electron chi connectivity index (χ2n) is 7.00. The minimum atomic E-state index is -0.394. The molecule has 0 bridgehead atoms. The van der Waals surface area contributed by atoms with Crippen molar-refractivity contribution in [3.63, 3.8) is 0 Å². The molecular weight excluding hydrogens is 446 g/mol. The number of piperazine rings is 1. The molecule has 2 aromatic carbocycles. The van der Waals surface area contributed by atoms with E-state index in [1.807, 2.05) is 0 Å². The maximum Gasteiger partial charge on any atom is 0.233 e. The Morgan fingerprint density at radius 1 is 1.10 bits per heavy atom. The molecular formula is C20H19ClF2N6OS. The number of hydrogen-bond acceptors (Lipinski definition) is 6. The first-order valence-corrected chi connectivity index (χ1v) is 11.0. The van der Waals surface area contributed by atoms with Gasteiger partial charge >= 0.3 is 0 Å². The average molecular weight is 465 g/mol. The van der Waals surface area contributed by atoms with E-state index in [-0.39, 0.29) is 17.5 Å². The monoisotopic (exact) mass is 464 g/mol. The number of hydrogen-bond donors (Lipinski definition) is 0. The number of aromatic nitrogens is 4. The maximum absolute atomic E-state index is 14.0. The second-order valence-corrected chi connectivity index (χ2v) is 8.35. The fourth-order valence-electron chi connectivity index (χ4n) is 3.32. The highest BCUT2D eigenvalue weighted by atomic mass is 35.5. The molecule has 0 aliphatic carbocycles.